The van der Waals surface area contributed by atoms with Crippen LogP contribution in [-0.2, 0) is 4.74 Å². The molecule has 0 radical (unpaired) electrons. The first kappa shape index (κ1) is 14.8. The molecule has 112 valence electrons. The highest BCUT2D eigenvalue weighted by molar-refractivity contribution is 6.02. The van der Waals surface area contributed by atoms with Crippen LogP contribution in [0.25, 0.3) is 0 Å². The Bertz CT molecular complexity index is 626. The van der Waals surface area contributed by atoms with Gasteiger partial charge < -0.3 is 20.5 Å². The summed E-state index contributed by atoms with van der Waals surface area (Å²) in [6.07, 6.45) is 0. The predicted molar refractivity (Wildman–Crippen MR) is 77.3 cm³/mol. The number of nitrogens with zero attached hydrogens (tertiary/aromatic N) is 2. The Morgan fingerprint density at radius 1 is 1.43 bits per heavy atom. The Hall–Kier alpha value is -2.61. The number of nitrogens with one attached hydrogen (secondary N) is 2. The van der Waals surface area contributed by atoms with Gasteiger partial charge >= 0.3 is 0 Å². The number of carbonyl (C=O) groups is 1. The molecule has 1 aromatic heterocycles. The molecule has 1 aromatic carbocycles. The monoisotopic (exact) mass is 291 g/mol. The summed E-state index contributed by atoms with van der Waals surface area (Å²) in [5, 5.41) is 8.76. The number of nitrogen functional groups attached to an aromatic ring is 1. The van der Waals surface area contributed by atoms with Gasteiger partial charge in [0, 0.05) is 7.11 Å². The molecule has 1 heterocycles. The fourth-order valence-electron chi connectivity index (χ4n) is 1.65. The normalized spacial score (nSPS) is 10.4. The molecule has 0 aliphatic carbocycles. The molecule has 0 aliphatic rings. The van der Waals surface area contributed by atoms with E-state index in [0.717, 1.165) is 5.56 Å². The van der Waals surface area contributed by atoms with Crippen LogP contribution in [0.5, 0.6) is 5.75 Å². The summed E-state index contributed by atoms with van der Waals surface area (Å²) in [4.78, 5) is 15.8. The smallest absolute Gasteiger partial charge is 0.293 e. The lowest BCUT2D eigenvalue weighted by molar-refractivity contribution is 0.101. The standard InChI is InChI=1S/C13H17N5O3/c1-8-3-4-9(10(7-8)21-6-5-20-2)15-12(19)11-16-13(14)18-17-11/h3-4,7H,5-6H2,1-2H3,(H,15,19)(H3,14,16,17,18). The van der Waals surface area contributed by atoms with E-state index in [2.05, 4.69) is 20.5 Å². The van der Waals surface area contributed by atoms with Crippen LogP contribution in [0.1, 0.15) is 16.2 Å². The van der Waals surface area contributed by atoms with Crippen LogP contribution in [0.15, 0.2) is 18.2 Å². The van der Waals surface area contributed by atoms with Gasteiger partial charge in [-0.1, -0.05) is 6.07 Å². The average molecular weight is 291 g/mol. The second kappa shape index (κ2) is 6.71. The maximum atomic E-state index is 12.0. The van der Waals surface area contributed by atoms with Gasteiger partial charge in [0.1, 0.15) is 12.4 Å². The van der Waals surface area contributed by atoms with Crippen molar-refractivity contribution in [3.8, 4) is 5.75 Å². The van der Waals surface area contributed by atoms with Crippen LogP contribution in [-0.4, -0.2) is 41.4 Å². The number of anilines is 2. The van der Waals surface area contributed by atoms with Crippen LogP contribution in [0.3, 0.4) is 0 Å². The third-order valence-corrected chi connectivity index (χ3v) is 2.65. The summed E-state index contributed by atoms with van der Waals surface area (Å²) in [5.74, 6) is 0.170. The van der Waals surface area contributed by atoms with Crippen molar-refractivity contribution in [2.24, 2.45) is 0 Å². The zero-order valence-corrected chi connectivity index (χ0v) is 11.8. The number of aromatic amines is 1. The number of aromatic nitrogens is 3. The number of methoxy groups -OCH3 is 1. The molecule has 0 bridgehead atoms. The third kappa shape index (κ3) is 3.93. The number of hydrogen-bond donors (Lipinski definition) is 3. The Morgan fingerprint density at radius 3 is 2.90 bits per heavy atom. The Morgan fingerprint density at radius 2 is 2.24 bits per heavy atom. The number of ether oxygens (including phenoxy) is 2. The minimum atomic E-state index is -0.445. The van der Waals surface area contributed by atoms with Gasteiger partial charge in [0.15, 0.2) is 0 Å². The van der Waals surface area contributed by atoms with E-state index in [4.69, 9.17) is 15.2 Å². The van der Waals surface area contributed by atoms with E-state index < -0.39 is 5.91 Å². The Kier molecular flexibility index (Phi) is 4.72. The van der Waals surface area contributed by atoms with Crippen molar-refractivity contribution < 1.29 is 14.3 Å². The molecule has 21 heavy (non-hydrogen) atoms. The van der Waals surface area contributed by atoms with Gasteiger partial charge in [0.25, 0.3) is 5.91 Å². The highest BCUT2D eigenvalue weighted by Crippen LogP contribution is 2.26. The number of aryl methyl sites for hydroxylation is 1. The van der Waals surface area contributed by atoms with Gasteiger partial charge in [0.2, 0.25) is 11.8 Å². The summed E-state index contributed by atoms with van der Waals surface area (Å²) in [6.45, 7) is 2.78. The van der Waals surface area contributed by atoms with Crippen molar-refractivity contribution >= 4 is 17.5 Å². The van der Waals surface area contributed by atoms with Crippen LogP contribution in [0.4, 0.5) is 11.6 Å². The number of nitrogens with two attached hydrogens (primary N) is 1. The summed E-state index contributed by atoms with van der Waals surface area (Å²) in [6, 6.07) is 5.46. The van der Waals surface area contributed by atoms with Gasteiger partial charge in [-0.2, -0.15) is 4.98 Å². The molecule has 4 N–H and O–H groups in total. The van der Waals surface area contributed by atoms with Crippen molar-refractivity contribution in [3.05, 3.63) is 29.6 Å². The molecule has 0 unspecified atom stereocenters. The highest BCUT2D eigenvalue weighted by Gasteiger charge is 2.13. The van der Waals surface area contributed by atoms with E-state index in [1.165, 1.54) is 0 Å². The first-order chi connectivity index (χ1) is 10.1. The second-order valence-corrected chi connectivity index (χ2v) is 4.34. The van der Waals surface area contributed by atoms with Gasteiger partial charge in [-0.05, 0) is 24.6 Å². The minimum absolute atomic E-state index is 0.0145. The van der Waals surface area contributed by atoms with E-state index in [1.807, 2.05) is 19.1 Å². The third-order valence-electron chi connectivity index (χ3n) is 2.65. The van der Waals surface area contributed by atoms with Crippen LogP contribution in [0.2, 0.25) is 0 Å². The lowest BCUT2D eigenvalue weighted by Gasteiger charge is -2.12. The molecular weight excluding hydrogens is 274 g/mol. The van der Waals surface area contributed by atoms with E-state index in [1.54, 1.807) is 13.2 Å². The Balaban J connectivity index is 2.13. The molecule has 0 aliphatic heterocycles. The number of benzene rings is 1. The SMILES string of the molecule is COCCOc1cc(C)ccc1NC(=O)c1nc(N)n[nH]1. The molecule has 2 rings (SSSR count). The number of amides is 1. The topological polar surface area (TPSA) is 115 Å². The minimum Gasteiger partial charge on any atom is -0.489 e. The van der Waals surface area contributed by atoms with Crippen molar-refractivity contribution in [1.29, 1.82) is 0 Å². The molecule has 8 heteroatoms. The predicted octanol–water partition coefficient (Wildman–Crippen LogP) is 0.973. The molecular formula is C13H17N5O3. The van der Waals surface area contributed by atoms with E-state index in [9.17, 15) is 4.79 Å². The van der Waals surface area contributed by atoms with Crippen LogP contribution >= 0.6 is 0 Å². The van der Waals surface area contributed by atoms with Crippen molar-refractivity contribution in [2.75, 3.05) is 31.4 Å². The molecule has 0 fully saturated rings. The highest BCUT2D eigenvalue weighted by atomic mass is 16.5. The first-order valence-electron chi connectivity index (χ1n) is 6.31. The van der Waals surface area contributed by atoms with Gasteiger partial charge in [0.05, 0.1) is 12.3 Å². The van der Waals surface area contributed by atoms with Crippen LogP contribution < -0.4 is 15.8 Å². The van der Waals surface area contributed by atoms with Crippen molar-refractivity contribution in [3.63, 3.8) is 0 Å². The van der Waals surface area contributed by atoms with Crippen LogP contribution in [0, 0.1) is 6.92 Å². The number of rotatable bonds is 6. The molecule has 0 saturated carbocycles. The lowest BCUT2D eigenvalue weighted by Crippen LogP contribution is -2.15. The average Bonchev–Trinajstić information content (AvgIpc) is 2.88. The summed E-state index contributed by atoms with van der Waals surface area (Å²) < 4.78 is 10.5. The second-order valence-electron chi connectivity index (χ2n) is 4.34. The van der Waals surface area contributed by atoms with Crippen molar-refractivity contribution in [1.82, 2.24) is 15.2 Å². The number of carbonyl (C=O) groups excluding carboxylic acids is 1. The van der Waals surface area contributed by atoms with Crippen molar-refractivity contribution in [2.45, 2.75) is 6.92 Å². The van der Waals surface area contributed by atoms with Gasteiger partial charge in [-0.25, -0.2) is 0 Å². The first-order valence-corrected chi connectivity index (χ1v) is 6.31. The molecule has 0 saturated heterocycles. The van der Waals surface area contributed by atoms with E-state index in [0.29, 0.717) is 24.7 Å². The zero-order valence-electron chi connectivity index (χ0n) is 11.8. The molecule has 8 nitrogen and oxygen atoms in total. The molecule has 0 spiro atoms. The Labute approximate surface area is 121 Å². The largest absolute Gasteiger partial charge is 0.489 e. The van der Waals surface area contributed by atoms with Gasteiger partial charge in [-0.3, -0.25) is 9.89 Å². The molecule has 1 amide bonds. The quantitative estimate of drug-likeness (QED) is 0.683. The fraction of sp³-hybridized carbons (Fsp3) is 0.308. The summed E-state index contributed by atoms with van der Waals surface area (Å²) >= 11 is 0. The summed E-state index contributed by atoms with van der Waals surface area (Å²) in [5.41, 5.74) is 6.92. The number of hydrogen-bond acceptors (Lipinski definition) is 6. The summed E-state index contributed by atoms with van der Waals surface area (Å²) in [7, 11) is 1.59. The molecule has 0 atom stereocenters. The molecule has 2 aromatic rings. The zero-order chi connectivity index (χ0) is 15.2. The maximum absolute atomic E-state index is 12.0. The van der Waals surface area contributed by atoms with E-state index >= 15 is 0 Å². The maximum Gasteiger partial charge on any atom is 0.293 e. The number of H-pyrrole nitrogens is 1. The lowest BCUT2D eigenvalue weighted by atomic mass is 10.2. The fourth-order valence-corrected chi connectivity index (χ4v) is 1.65. The van der Waals surface area contributed by atoms with Gasteiger partial charge in [-0.15, -0.1) is 5.10 Å². The van der Waals surface area contributed by atoms with E-state index in [-0.39, 0.29) is 11.8 Å².